The Kier molecular flexibility index (Phi) is 4.24. The van der Waals surface area contributed by atoms with E-state index in [2.05, 4.69) is 0 Å². The Bertz CT molecular complexity index is 364. The molecule has 82 valence electrons. The van der Waals surface area contributed by atoms with Crippen molar-refractivity contribution < 1.29 is 14.6 Å². The number of benzene rings is 1. The van der Waals surface area contributed by atoms with E-state index in [0.717, 1.165) is 0 Å². The van der Waals surface area contributed by atoms with Gasteiger partial charge in [0.05, 0.1) is 12.7 Å². The predicted octanol–water partition coefficient (Wildman–Crippen LogP) is 2.74. The maximum atomic E-state index is 10.9. The molecule has 0 saturated heterocycles. The van der Waals surface area contributed by atoms with Crippen LogP contribution in [0.3, 0.4) is 0 Å². The highest BCUT2D eigenvalue weighted by atomic mass is 35.5. The van der Waals surface area contributed by atoms with Gasteiger partial charge in [0.1, 0.15) is 10.6 Å². The van der Waals surface area contributed by atoms with Crippen LogP contribution in [0.25, 0.3) is 0 Å². The molecule has 5 heteroatoms. The number of aromatic carboxylic acids is 1. The van der Waals surface area contributed by atoms with Crippen LogP contribution in [0, 0.1) is 0 Å². The van der Waals surface area contributed by atoms with Gasteiger partial charge in [-0.15, -0.1) is 23.2 Å². The van der Waals surface area contributed by atoms with Crippen LogP contribution in [0.15, 0.2) is 18.2 Å². The summed E-state index contributed by atoms with van der Waals surface area (Å²) in [5.41, 5.74) is 0.763. The Morgan fingerprint density at radius 2 is 2.20 bits per heavy atom. The van der Waals surface area contributed by atoms with E-state index < -0.39 is 10.8 Å². The minimum atomic E-state index is -1.02. The largest absolute Gasteiger partial charge is 0.497 e. The first kappa shape index (κ1) is 12.1. The average molecular weight is 249 g/mol. The van der Waals surface area contributed by atoms with Crippen LogP contribution < -0.4 is 4.74 Å². The van der Waals surface area contributed by atoms with Gasteiger partial charge in [-0.2, -0.15) is 0 Å². The summed E-state index contributed by atoms with van der Waals surface area (Å²) in [5, 5.41) is 8.96. The maximum Gasteiger partial charge on any atom is 0.336 e. The van der Waals surface area contributed by atoms with Crippen molar-refractivity contribution in [3.63, 3.8) is 0 Å². The molecule has 1 aromatic carbocycles. The van der Waals surface area contributed by atoms with E-state index in [1.54, 1.807) is 12.1 Å². The summed E-state index contributed by atoms with van der Waals surface area (Å²) in [7, 11) is 1.48. The van der Waals surface area contributed by atoms with E-state index >= 15 is 0 Å². The summed E-state index contributed by atoms with van der Waals surface area (Å²) in [6.45, 7) is 0. The third-order valence-corrected chi connectivity index (χ3v) is 2.23. The smallest absolute Gasteiger partial charge is 0.336 e. The molecular formula is C10H10Cl2O3. The lowest BCUT2D eigenvalue weighted by Crippen LogP contribution is -2.05. The lowest BCUT2D eigenvalue weighted by molar-refractivity contribution is 0.0695. The van der Waals surface area contributed by atoms with Crippen LogP contribution in [0.1, 0.15) is 15.9 Å². The number of carbonyl (C=O) groups is 1. The molecule has 0 atom stereocenters. The highest BCUT2D eigenvalue weighted by molar-refractivity contribution is 6.44. The minimum Gasteiger partial charge on any atom is -0.497 e. The van der Waals surface area contributed by atoms with Gasteiger partial charge >= 0.3 is 5.97 Å². The van der Waals surface area contributed by atoms with Gasteiger partial charge in [-0.3, -0.25) is 0 Å². The first-order chi connectivity index (χ1) is 7.04. The van der Waals surface area contributed by atoms with Crippen molar-refractivity contribution in [3.05, 3.63) is 29.3 Å². The number of hydrogen-bond acceptors (Lipinski definition) is 2. The van der Waals surface area contributed by atoms with E-state index in [9.17, 15) is 4.79 Å². The highest BCUT2D eigenvalue weighted by Gasteiger charge is 2.13. The maximum absolute atomic E-state index is 10.9. The SMILES string of the molecule is COc1ccc(CC(Cl)Cl)c(C(=O)O)c1. The molecule has 0 amide bonds. The van der Waals surface area contributed by atoms with E-state index in [-0.39, 0.29) is 5.56 Å². The summed E-state index contributed by atoms with van der Waals surface area (Å²) in [6.07, 6.45) is 0.300. The molecule has 0 saturated carbocycles. The first-order valence-electron chi connectivity index (χ1n) is 4.23. The highest BCUT2D eigenvalue weighted by Crippen LogP contribution is 2.21. The molecule has 0 aliphatic rings. The monoisotopic (exact) mass is 248 g/mol. The predicted molar refractivity (Wildman–Crippen MR) is 59.2 cm³/mol. The molecule has 1 aromatic rings. The zero-order valence-electron chi connectivity index (χ0n) is 8.04. The zero-order valence-corrected chi connectivity index (χ0v) is 9.55. The van der Waals surface area contributed by atoms with Gasteiger partial charge in [0.15, 0.2) is 0 Å². The number of alkyl halides is 2. The zero-order chi connectivity index (χ0) is 11.4. The minimum absolute atomic E-state index is 0.167. The second-order valence-corrected chi connectivity index (χ2v) is 4.20. The fraction of sp³-hybridized carbons (Fsp3) is 0.300. The number of hydrogen-bond donors (Lipinski definition) is 1. The van der Waals surface area contributed by atoms with Crippen molar-refractivity contribution in [2.75, 3.05) is 7.11 Å². The quantitative estimate of drug-likeness (QED) is 0.834. The van der Waals surface area contributed by atoms with Crippen LogP contribution in [-0.4, -0.2) is 23.0 Å². The molecular weight excluding hydrogens is 239 g/mol. The average Bonchev–Trinajstić information content (AvgIpc) is 2.17. The lowest BCUT2D eigenvalue weighted by atomic mass is 10.1. The number of methoxy groups -OCH3 is 1. The molecule has 0 aliphatic heterocycles. The van der Waals surface area contributed by atoms with Crippen LogP contribution in [0.5, 0.6) is 5.75 Å². The number of carboxylic acids is 1. The number of rotatable bonds is 4. The molecule has 1 N–H and O–H groups in total. The number of ether oxygens (including phenoxy) is 1. The van der Waals surface area contributed by atoms with Crippen molar-refractivity contribution >= 4 is 29.2 Å². The summed E-state index contributed by atoms with van der Waals surface area (Å²) < 4.78 is 4.94. The van der Waals surface area contributed by atoms with Crippen LogP contribution in [0.4, 0.5) is 0 Å². The second-order valence-electron chi connectivity index (χ2n) is 2.92. The fourth-order valence-corrected chi connectivity index (χ4v) is 1.56. The molecule has 0 aromatic heterocycles. The molecule has 3 nitrogen and oxygen atoms in total. The summed E-state index contributed by atoms with van der Waals surface area (Å²) in [4.78, 5) is 10.3. The molecule has 0 fully saturated rings. The Labute approximate surface area is 97.6 Å². The molecule has 0 unspecified atom stereocenters. The summed E-state index contributed by atoms with van der Waals surface area (Å²) in [6, 6.07) is 4.78. The third-order valence-electron chi connectivity index (χ3n) is 1.92. The third kappa shape index (κ3) is 3.29. The normalized spacial score (nSPS) is 10.4. The summed E-state index contributed by atoms with van der Waals surface area (Å²) >= 11 is 11.2. The molecule has 0 aliphatic carbocycles. The van der Waals surface area contributed by atoms with E-state index in [1.165, 1.54) is 13.2 Å². The van der Waals surface area contributed by atoms with Gasteiger partial charge in [0.25, 0.3) is 0 Å². The standard InChI is InChI=1S/C10H10Cl2O3/c1-15-7-3-2-6(4-9(11)12)8(5-7)10(13)14/h2-3,5,9H,4H2,1H3,(H,13,14). The molecule has 0 heterocycles. The van der Waals surface area contributed by atoms with Gasteiger partial charge in [0, 0.05) is 6.42 Å². The lowest BCUT2D eigenvalue weighted by Gasteiger charge is -2.08. The molecule has 15 heavy (non-hydrogen) atoms. The van der Waals surface area contributed by atoms with Gasteiger partial charge in [-0.05, 0) is 17.7 Å². The van der Waals surface area contributed by atoms with Gasteiger partial charge < -0.3 is 9.84 Å². The Morgan fingerprint density at radius 3 is 2.67 bits per heavy atom. The van der Waals surface area contributed by atoms with Crippen LogP contribution in [0.2, 0.25) is 0 Å². The number of halogens is 2. The summed E-state index contributed by atoms with van der Waals surface area (Å²) in [5.74, 6) is -0.519. The van der Waals surface area contributed by atoms with Gasteiger partial charge in [0.2, 0.25) is 0 Å². The van der Waals surface area contributed by atoms with Gasteiger partial charge in [-0.25, -0.2) is 4.79 Å². The second kappa shape index (κ2) is 5.24. The van der Waals surface area contributed by atoms with Crippen molar-refractivity contribution in [3.8, 4) is 5.75 Å². The first-order valence-corrected chi connectivity index (χ1v) is 5.10. The number of carboxylic acid groups (broad SMARTS) is 1. The van der Waals surface area contributed by atoms with Crippen LogP contribution in [-0.2, 0) is 6.42 Å². The van der Waals surface area contributed by atoms with E-state index in [1.807, 2.05) is 0 Å². The fourth-order valence-electron chi connectivity index (χ4n) is 1.23. The van der Waals surface area contributed by atoms with Crippen molar-refractivity contribution in [1.82, 2.24) is 0 Å². The van der Waals surface area contributed by atoms with Crippen molar-refractivity contribution in [1.29, 1.82) is 0 Å². The van der Waals surface area contributed by atoms with Crippen molar-refractivity contribution in [2.24, 2.45) is 0 Å². The molecule has 0 radical (unpaired) electrons. The Hall–Kier alpha value is -0.930. The Morgan fingerprint density at radius 1 is 1.53 bits per heavy atom. The Balaban J connectivity index is 3.09. The molecule has 0 spiro atoms. The van der Waals surface area contributed by atoms with E-state index in [4.69, 9.17) is 33.0 Å². The van der Waals surface area contributed by atoms with E-state index in [0.29, 0.717) is 17.7 Å². The van der Waals surface area contributed by atoms with Gasteiger partial charge in [-0.1, -0.05) is 6.07 Å². The molecule has 0 bridgehead atoms. The topological polar surface area (TPSA) is 46.5 Å². The molecule has 1 rings (SSSR count). The van der Waals surface area contributed by atoms with Crippen molar-refractivity contribution in [2.45, 2.75) is 11.3 Å². The van der Waals surface area contributed by atoms with Crippen LogP contribution >= 0.6 is 23.2 Å².